The first-order valence-electron chi connectivity index (χ1n) is 2.50. The van der Waals surface area contributed by atoms with E-state index in [1.807, 2.05) is 6.26 Å². The average molecular weight is 162 g/mol. The summed E-state index contributed by atoms with van der Waals surface area (Å²) in [6, 6.07) is 0. The van der Waals surface area contributed by atoms with Crippen LogP contribution in [0.2, 0.25) is 0 Å². The van der Waals surface area contributed by atoms with Crippen molar-refractivity contribution in [3.63, 3.8) is 0 Å². The van der Waals surface area contributed by atoms with Gasteiger partial charge in [0, 0.05) is 5.08 Å². The maximum absolute atomic E-state index is 10.8. The molecule has 0 bridgehead atoms. The lowest BCUT2D eigenvalue weighted by molar-refractivity contribution is -0.107. The summed E-state index contributed by atoms with van der Waals surface area (Å²) < 4.78 is 0. The van der Waals surface area contributed by atoms with Crippen molar-refractivity contribution in [2.75, 3.05) is 11.3 Å². The molecule has 0 spiro atoms. The molecule has 0 aromatic heterocycles. The molecule has 0 aliphatic carbocycles. The predicted molar refractivity (Wildman–Crippen MR) is 45.8 cm³/mol. The van der Waals surface area contributed by atoms with E-state index in [0.29, 0.717) is 5.57 Å². The van der Waals surface area contributed by atoms with Crippen LogP contribution in [0.4, 0.5) is 0 Å². The van der Waals surface area contributed by atoms with Crippen molar-refractivity contribution >= 4 is 28.6 Å². The SMILES string of the molecule is C=C(C)C(=O)SCSC. The number of rotatable bonds is 3. The second kappa shape index (κ2) is 4.94. The summed E-state index contributed by atoms with van der Waals surface area (Å²) in [6.07, 6.45) is 1.97. The lowest BCUT2D eigenvalue weighted by atomic mass is 10.4. The molecule has 3 heteroatoms. The van der Waals surface area contributed by atoms with Crippen molar-refractivity contribution in [2.24, 2.45) is 0 Å². The van der Waals surface area contributed by atoms with E-state index in [-0.39, 0.29) is 5.12 Å². The molecular weight excluding hydrogens is 152 g/mol. The summed E-state index contributed by atoms with van der Waals surface area (Å²) in [6.45, 7) is 5.26. The number of hydrogen-bond donors (Lipinski definition) is 0. The van der Waals surface area contributed by atoms with Crippen molar-refractivity contribution < 1.29 is 4.79 Å². The van der Waals surface area contributed by atoms with Gasteiger partial charge in [-0.3, -0.25) is 4.79 Å². The average Bonchev–Trinajstić information content (AvgIpc) is 1.82. The fourth-order valence-electron chi connectivity index (χ4n) is 0.236. The van der Waals surface area contributed by atoms with E-state index in [2.05, 4.69) is 6.58 Å². The number of carbonyl (C=O) groups is 1. The first kappa shape index (κ1) is 9.11. The van der Waals surface area contributed by atoms with Gasteiger partial charge in [0.2, 0.25) is 5.12 Å². The van der Waals surface area contributed by atoms with E-state index in [1.165, 1.54) is 11.8 Å². The van der Waals surface area contributed by atoms with E-state index in [9.17, 15) is 4.79 Å². The van der Waals surface area contributed by atoms with Gasteiger partial charge >= 0.3 is 0 Å². The zero-order chi connectivity index (χ0) is 7.28. The van der Waals surface area contributed by atoms with Crippen LogP contribution in [-0.2, 0) is 4.79 Å². The lowest BCUT2D eigenvalue weighted by Crippen LogP contribution is -1.90. The Morgan fingerprint density at radius 2 is 2.22 bits per heavy atom. The molecule has 0 saturated carbocycles. The zero-order valence-electron chi connectivity index (χ0n) is 5.64. The van der Waals surface area contributed by atoms with Crippen LogP contribution in [0.5, 0.6) is 0 Å². The van der Waals surface area contributed by atoms with Crippen molar-refractivity contribution in [3.05, 3.63) is 12.2 Å². The minimum absolute atomic E-state index is 0.101. The second-order valence-electron chi connectivity index (χ2n) is 1.62. The van der Waals surface area contributed by atoms with Gasteiger partial charge in [-0.1, -0.05) is 18.3 Å². The quantitative estimate of drug-likeness (QED) is 0.467. The Balaban J connectivity index is 3.39. The Labute approximate surface area is 64.3 Å². The van der Waals surface area contributed by atoms with E-state index in [4.69, 9.17) is 0 Å². The first-order chi connectivity index (χ1) is 4.18. The maximum atomic E-state index is 10.8. The van der Waals surface area contributed by atoms with Crippen LogP contribution in [0.25, 0.3) is 0 Å². The van der Waals surface area contributed by atoms with Gasteiger partial charge in [0.25, 0.3) is 0 Å². The monoisotopic (exact) mass is 162 g/mol. The Bertz CT molecular complexity index is 120. The highest BCUT2D eigenvalue weighted by Crippen LogP contribution is 2.13. The molecule has 9 heavy (non-hydrogen) atoms. The lowest BCUT2D eigenvalue weighted by Gasteiger charge is -1.94. The topological polar surface area (TPSA) is 17.1 Å². The molecule has 0 N–H and O–H groups in total. The minimum Gasteiger partial charge on any atom is -0.282 e. The molecule has 0 unspecified atom stereocenters. The van der Waals surface area contributed by atoms with Crippen LogP contribution in [0.3, 0.4) is 0 Å². The smallest absolute Gasteiger partial charge is 0.215 e. The summed E-state index contributed by atoms with van der Waals surface area (Å²) in [5.74, 6) is 0. The highest BCUT2D eigenvalue weighted by Gasteiger charge is 1.99. The maximum Gasteiger partial charge on any atom is 0.215 e. The molecule has 1 nitrogen and oxygen atoms in total. The van der Waals surface area contributed by atoms with Gasteiger partial charge in [0.1, 0.15) is 0 Å². The fourth-order valence-corrected chi connectivity index (χ4v) is 1.38. The first-order valence-corrected chi connectivity index (χ1v) is 4.88. The Morgan fingerprint density at radius 3 is 2.56 bits per heavy atom. The second-order valence-corrected chi connectivity index (χ2v) is 3.80. The van der Waals surface area contributed by atoms with E-state index in [0.717, 1.165) is 5.08 Å². The zero-order valence-corrected chi connectivity index (χ0v) is 7.27. The standard InChI is InChI=1S/C6H10OS2/c1-5(2)6(7)9-4-8-3/h1,4H2,2-3H3. The molecule has 0 atom stereocenters. The normalized spacial score (nSPS) is 9.11. The Hall–Kier alpha value is 0.110. The fraction of sp³-hybridized carbons (Fsp3) is 0.500. The van der Waals surface area contributed by atoms with Gasteiger partial charge in [-0.2, -0.15) is 11.8 Å². The molecule has 52 valence electrons. The van der Waals surface area contributed by atoms with Gasteiger partial charge < -0.3 is 0 Å². The van der Waals surface area contributed by atoms with Crippen molar-refractivity contribution in [1.29, 1.82) is 0 Å². The number of thioether (sulfide) groups is 2. The number of carbonyl (C=O) groups excluding carboxylic acids is 1. The summed E-state index contributed by atoms with van der Waals surface area (Å²) in [5.41, 5.74) is 0.633. The van der Waals surface area contributed by atoms with Crippen molar-refractivity contribution in [1.82, 2.24) is 0 Å². The Kier molecular flexibility index (Phi) is 5.00. The van der Waals surface area contributed by atoms with Crippen LogP contribution in [-0.4, -0.2) is 16.5 Å². The molecule has 0 saturated heterocycles. The van der Waals surface area contributed by atoms with E-state index in [1.54, 1.807) is 18.7 Å². The van der Waals surface area contributed by atoms with Gasteiger partial charge in [-0.15, -0.1) is 0 Å². The summed E-state index contributed by atoms with van der Waals surface area (Å²) in [7, 11) is 0. The van der Waals surface area contributed by atoms with Crippen molar-refractivity contribution in [3.8, 4) is 0 Å². The predicted octanol–water partition coefficient (Wildman–Crippen LogP) is 2.14. The third-order valence-corrected chi connectivity index (χ3v) is 2.68. The van der Waals surface area contributed by atoms with Gasteiger partial charge in [-0.25, -0.2) is 0 Å². The van der Waals surface area contributed by atoms with Gasteiger partial charge in [0.05, 0.1) is 0 Å². The summed E-state index contributed by atoms with van der Waals surface area (Å²) >= 11 is 2.96. The number of hydrogen-bond acceptors (Lipinski definition) is 3. The molecule has 0 amide bonds. The van der Waals surface area contributed by atoms with Crippen LogP contribution in [0.15, 0.2) is 12.2 Å². The molecule has 0 radical (unpaired) electrons. The third kappa shape index (κ3) is 4.60. The van der Waals surface area contributed by atoms with Crippen LogP contribution < -0.4 is 0 Å². The Morgan fingerprint density at radius 1 is 1.67 bits per heavy atom. The van der Waals surface area contributed by atoms with Gasteiger partial charge in [0.15, 0.2) is 0 Å². The highest BCUT2D eigenvalue weighted by molar-refractivity contribution is 8.24. The third-order valence-electron chi connectivity index (χ3n) is 0.656. The molecule has 0 fully saturated rings. The molecular formula is C6H10OS2. The minimum atomic E-state index is 0.101. The van der Waals surface area contributed by atoms with E-state index < -0.39 is 0 Å². The summed E-state index contributed by atoms with van der Waals surface area (Å²) in [4.78, 5) is 10.8. The highest BCUT2D eigenvalue weighted by atomic mass is 32.2. The van der Waals surface area contributed by atoms with Crippen LogP contribution in [0, 0.1) is 0 Å². The van der Waals surface area contributed by atoms with Crippen molar-refractivity contribution in [2.45, 2.75) is 6.92 Å². The molecule has 0 aromatic rings. The van der Waals surface area contributed by atoms with Crippen LogP contribution >= 0.6 is 23.5 Å². The van der Waals surface area contributed by atoms with Gasteiger partial charge in [-0.05, 0) is 18.8 Å². The summed E-state index contributed by atoms with van der Waals surface area (Å²) in [5, 5.41) is 0.926. The molecule has 0 rings (SSSR count). The molecule has 0 aromatic carbocycles. The molecule has 0 heterocycles. The molecule has 0 aliphatic rings. The van der Waals surface area contributed by atoms with Crippen LogP contribution in [0.1, 0.15) is 6.92 Å². The largest absolute Gasteiger partial charge is 0.282 e. The molecule has 0 aliphatic heterocycles. The van der Waals surface area contributed by atoms with E-state index >= 15 is 0 Å².